The van der Waals surface area contributed by atoms with Crippen molar-refractivity contribution >= 4 is 11.9 Å². The summed E-state index contributed by atoms with van der Waals surface area (Å²) < 4.78 is 4.84. The first-order chi connectivity index (χ1) is 6.47. The Balaban J connectivity index is 3.79. The fourth-order valence-electron chi connectivity index (χ4n) is 0.790. The van der Waals surface area contributed by atoms with E-state index in [2.05, 4.69) is 13.2 Å². The molecule has 0 heterocycles. The third kappa shape index (κ3) is 5.13. The molecule has 1 N–H and O–H groups in total. The van der Waals surface area contributed by atoms with Gasteiger partial charge in [0.25, 0.3) is 0 Å². The van der Waals surface area contributed by atoms with Crippen LogP contribution < -0.4 is 0 Å². The molecule has 1 atom stereocenters. The summed E-state index contributed by atoms with van der Waals surface area (Å²) >= 11 is 0. The summed E-state index contributed by atoms with van der Waals surface area (Å²) in [7, 11) is 0. The highest BCUT2D eigenvalue weighted by atomic mass is 16.5. The summed E-state index contributed by atoms with van der Waals surface area (Å²) in [5, 5.41) is 8.50. The van der Waals surface area contributed by atoms with Gasteiger partial charge in [0.1, 0.15) is 0 Å². The number of hydrogen-bond acceptors (Lipinski definition) is 3. The first kappa shape index (κ1) is 12.4. The second-order valence-electron chi connectivity index (χ2n) is 2.90. The van der Waals surface area contributed by atoms with Gasteiger partial charge in [-0.25, -0.2) is 9.59 Å². The highest BCUT2D eigenvalue weighted by molar-refractivity contribution is 5.85. The molecule has 78 valence electrons. The van der Waals surface area contributed by atoms with Crippen LogP contribution >= 0.6 is 0 Å². The summed E-state index contributed by atoms with van der Waals surface area (Å²) in [6, 6.07) is 0. The molecule has 0 spiro atoms. The third-order valence-corrected chi connectivity index (χ3v) is 1.64. The molecule has 1 unspecified atom stereocenters. The van der Waals surface area contributed by atoms with E-state index in [1.807, 2.05) is 0 Å². The Morgan fingerprint density at radius 2 is 2.14 bits per heavy atom. The van der Waals surface area contributed by atoms with Crippen LogP contribution in [0.2, 0.25) is 0 Å². The first-order valence-electron chi connectivity index (χ1n) is 4.21. The monoisotopic (exact) mass is 198 g/mol. The number of carboxylic acid groups (broad SMARTS) is 1. The largest absolute Gasteiger partial charge is 0.478 e. The Bertz CT molecular complexity index is 255. The Morgan fingerprint density at radius 1 is 1.57 bits per heavy atom. The average molecular weight is 198 g/mol. The molecule has 0 aliphatic heterocycles. The number of rotatable bonds is 6. The fraction of sp³-hybridized carbons (Fsp3) is 0.400. The number of esters is 1. The third-order valence-electron chi connectivity index (χ3n) is 1.64. The van der Waals surface area contributed by atoms with E-state index >= 15 is 0 Å². The van der Waals surface area contributed by atoms with Gasteiger partial charge in [-0.05, 0) is 19.8 Å². The molecule has 14 heavy (non-hydrogen) atoms. The molecule has 0 saturated heterocycles. The van der Waals surface area contributed by atoms with Crippen LogP contribution in [0.15, 0.2) is 24.8 Å². The van der Waals surface area contributed by atoms with Gasteiger partial charge in [0.15, 0.2) is 0 Å². The molecule has 0 aromatic heterocycles. The Morgan fingerprint density at radius 3 is 2.57 bits per heavy atom. The lowest BCUT2D eigenvalue weighted by Gasteiger charge is -2.11. The highest BCUT2D eigenvalue weighted by Crippen LogP contribution is 2.08. The van der Waals surface area contributed by atoms with Gasteiger partial charge in [0.2, 0.25) is 0 Å². The minimum Gasteiger partial charge on any atom is -0.478 e. The van der Waals surface area contributed by atoms with Crippen LogP contribution in [0, 0.1) is 0 Å². The molecule has 0 aromatic rings. The van der Waals surface area contributed by atoms with E-state index in [1.54, 1.807) is 6.92 Å². The van der Waals surface area contributed by atoms with Crippen molar-refractivity contribution in [2.75, 3.05) is 0 Å². The maximum atomic E-state index is 10.7. The van der Waals surface area contributed by atoms with Crippen LogP contribution in [0.3, 0.4) is 0 Å². The topological polar surface area (TPSA) is 63.6 Å². The second kappa shape index (κ2) is 5.96. The van der Waals surface area contributed by atoms with Crippen LogP contribution in [0.4, 0.5) is 0 Å². The van der Waals surface area contributed by atoms with Gasteiger partial charge < -0.3 is 9.84 Å². The van der Waals surface area contributed by atoms with Gasteiger partial charge in [-0.2, -0.15) is 0 Å². The predicted octanol–water partition coefficient (Wildman–Crippen LogP) is 1.53. The molecular weight excluding hydrogens is 184 g/mol. The van der Waals surface area contributed by atoms with E-state index < -0.39 is 11.9 Å². The molecule has 0 bridgehead atoms. The first-order valence-corrected chi connectivity index (χ1v) is 4.21. The summed E-state index contributed by atoms with van der Waals surface area (Å²) in [6.45, 7) is 8.31. The van der Waals surface area contributed by atoms with Gasteiger partial charge in [-0.3, -0.25) is 0 Å². The normalized spacial score (nSPS) is 11.5. The van der Waals surface area contributed by atoms with Crippen molar-refractivity contribution in [2.45, 2.75) is 25.9 Å². The number of carbonyl (C=O) groups excluding carboxylic acids is 1. The quantitative estimate of drug-likeness (QED) is 0.519. The molecule has 0 saturated carbocycles. The number of hydrogen-bond donors (Lipinski definition) is 1. The van der Waals surface area contributed by atoms with E-state index in [9.17, 15) is 9.59 Å². The zero-order valence-corrected chi connectivity index (χ0v) is 8.16. The lowest BCUT2D eigenvalue weighted by Crippen LogP contribution is -2.13. The molecule has 0 rings (SSSR count). The lowest BCUT2D eigenvalue weighted by molar-refractivity contribution is -0.142. The smallest absolute Gasteiger partial charge is 0.330 e. The van der Waals surface area contributed by atoms with Crippen molar-refractivity contribution in [2.24, 2.45) is 0 Å². The molecule has 4 nitrogen and oxygen atoms in total. The van der Waals surface area contributed by atoms with Crippen LogP contribution in [0.5, 0.6) is 0 Å². The van der Waals surface area contributed by atoms with Crippen LogP contribution in [0.1, 0.15) is 19.8 Å². The van der Waals surface area contributed by atoms with Crippen molar-refractivity contribution in [3.8, 4) is 0 Å². The van der Waals surface area contributed by atoms with E-state index in [1.165, 1.54) is 0 Å². The summed E-state index contributed by atoms with van der Waals surface area (Å²) in [5.41, 5.74) is 0.117. The van der Waals surface area contributed by atoms with Gasteiger partial charge in [0, 0.05) is 11.6 Å². The molecule has 0 aliphatic carbocycles. The lowest BCUT2D eigenvalue weighted by atomic mass is 10.1. The molecular formula is C10H14O4. The minimum atomic E-state index is -1.02. The van der Waals surface area contributed by atoms with E-state index in [0.717, 1.165) is 6.08 Å². The molecule has 0 aromatic carbocycles. The summed E-state index contributed by atoms with van der Waals surface area (Å²) in [4.78, 5) is 21.1. The van der Waals surface area contributed by atoms with Crippen molar-refractivity contribution in [3.63, 3.8) is 0 Å². The van der Waals surface area contributed by atoms with Gasteiger partial charge in [0.05, 0.1) is 6.10 Å². The number of aliphatic carboxylic acids is 1. The van der Waals surface area contributed by atoms with Gasteiger partial charge in [-0.15, -0.1) is 0 Å². The maximum absolute atomic E-state index is 10.7. The second-order valence-corrected chi connectivity index (χ2v) is 2.90. The van der Waals surface area contributed by atoms with E-state index in [-0.39, 0.29) is 11.7 Å². The zero-order valence-electron chi connectivity index (χ0n) is 8.16. The molecule has 0 aliphatic rings. The Kier molecular flexibility index (Phi) is 5.29. The maximum Gasteiger partial charge on any atom is 0.330 e. The minimum absolute atomic E-state index is 0.117. The van der Waals surface area contributed by atoms with Crippen LogP contribution in [-0.2, 0) is 14.3 Å². The van der Waals surface area contributed by atoms with Gasteiger partial charge >= 0.3 is 11.9 Å². The molecule has 4 heteroatoms. The molecule has 0 fully saturated rings. The van der Waals surface area contributed by atoms with Crippen molar-refractivity contribution < 1.29 is 19.4 Å². The average Bonchev–Trinajstić information content (AvgIpc) is 2.13. The van der Waals surface area contributed by atoms with E-state index in [4.69, 9.17) is 9.84 Å². The number of carboxylic acids is 1. The highest BCUT2D eigenvalue weighted by Gasteiger charge is 2.09. The SMILES string of the molecule is C=CC(=O)OC(C)CCC(=C)C(=O)O. The van der Waals surface area contributed by atoms with Crippen molar-refractivity contribution in [1.29, 1.82) is 0 Å². The Labute approximate surface area is 82.9 Å². The van der Waals surface area contributed by atoms with E-state index in [0.29, 0.717) is 12.8 Å². The van der Waals surface area contributed by atoms with Crippen molar-refractivity contribution in [3.05, 3.63) is 24.8 Å². The Hall–Kier alpha value is -1.58. The standard InChI is InChI=1S/C10H14O4/c1-4-9(11)14-8(3)6-5-7(2)10(12)13/h4,8H,1-2,5-6H2,3H3,(H,12,13). The molecule has 0 amide bonds. The zero-order chi connectivity index (χ0) is 11.1. The fourth-order valence-corrected chi connectivity index (χ4v) is 0.790. The number of carbonyl (C=O) groups is 2. The van der Waals surface area contributed by atoms with Gasteiger partial charge in [-0.1, -0.05) is 13.2 Å². The summed E-state index contributed by atoms with van der Waals surface area (Å²) in [6.07, 6.45) is 1.50. The number of ether oxygens (including phenoxy) is 1. The van der Waals surface area contributed by atoms with Crippen LogP contribution in [-0.4, -0.2) is 23.1 Å². The van der Waals surface area contributed by atoms with Crippen LogP contribution in [0.25, 0.3) is 0 Å². The predicted molar refractivity (Wildman–Crippen MR) is 51.8 cm³/mol. The van der Waals surface area contributed by atoms with Crippen molar-refractivity contribution in [1.82, 2.24) is 0 Å². The molecule has 0 radical (unpaired) electrons. The summed E-state index contributed by atoms with van der Waals surface area (Å²) in [5.74, 6) is -1.52.